The van der Waals surface area contributed by atoms with E-state index in [1.54, 1.807) is 37.4 Å². The van der Waals surface area contributed by atoms with Crippen molar-refractivity contribution in [2.75, 3.05) is 12.4 Å². The van der Waals surface area contributed by atoms with Crippen molar-refractivity contribution in [2.24, 2.45) is 0 Å². The van der Waals surface area contributed by atoms with Crippen LogP contribution in [0, 0.1) is 0 Å². The maximum atomic E-state index is 12.2. The molecule has 132 valence electrons. The van der Waals surface area contributed by atoms with Crippen molar-refractivity contribution in [3.63, 3.8) is 0 Å². The summed E-state index contributed by atoms with van der Waals surface area (Å²) in [6, 6.07) is 12.1. The molecule has 0 aliphatic carbocycles. The molecule has 0 radical (unpaired) electrons. The van der Waals surface area contributed by atoms with Crippen molar-refractivity contribution in [1.29, 1.82) is 0 Å². The summed E-state index contributed by atoms with van der Waals surface area (Å²) in [6.07, 6.45) is 0.989. The van der Waals surface area contributed by atoms with Crippen LogP contribution in [-0.4, -0.2) is 23.2 Å². The standard InChI is InChI=1S/C19H22N2O3S/c1-4-12(2)14-7-10-17(22)16(11-14)20-19(25)21-18(23)13-5-8-15(24-3)9-6-13/h5-12,22H,4H2,1-3H3,(H2,20,21,23,25)/t12-/m0/s1. The second-order valence-electron chi connectivity index (χ2n) is 5.72. The van der Waals surface area contributed by atoms with Crippen LogP contribution >= 0.6 is 12.2 Å². The lowest BCUT2D eigenvalue weighted by molar-refractivity contribution is 0.0977. The zero-order valence-corrected chi connectivity index (χ0v) is 15.3. The molecule has 3 N–H and O–H groups in total. The van der Waals surface area contributed by atoms with Crippen LogP contribution in [0.2, 0.25) is 0 Å². The van der Waals surface area contributed by atoms with E-state index in [0.717, 1.165) is 12.0 Å². The van der Waals surface area contributed by atoms with Crippen molar-refractivity contribution in [1.82, 2.24) is 5.32 Å². The normalized spacial score (nSPS) is 11.5. The van der Waals surface area contributed by atoms with E-state index in [-0.39, 0.29) is 16.8 Å². The third-order valence-electron chi connectivity index (χ3n) is 4.03. The molecule has 2 aromatic rings. The van der Waals surface area contributed by atoms with Gasteiger partial charge in [0.1, 0.15) is 11.5 Å². The predicted octanol–water partition coefficient (Wildman–Crippen LogP) is 4.04. The fourth-order valence-electron chi connectivity index (χ4n) is 2.27. The first-order chi connectivity index (χ1) is 11.9. The Morgan fingerprint density at radius 2 is 1.92 bits per heavy atom. The quantitative estimate of drug-likeness (QED) is 0.556. The fourth-order valence-corrected chi connectivity index (χ4v) is 2.47. The van der Waals surface area contributed by atoms with E-state index < -0.39 is 0 Å². The first-order valence-corrected chi connectivity index (χ1v) is 8.44. The first kappa shape index (κ1) is 18.7. The van der Waals surface area contributed by atoms with Gasteiger partial charge in [-0.05, 0) is 66.5 Å². The van der Waals surface area contributed by atoms with Crippen molar-refractivity contribution >= 4 is 28.9 Å². The van der Waals surface area contributed by atoms with Crippen LogP contribution in [-0.2, 0) is 0 Å². The summed E-state index contributed by atoms with van der Waals surface area (Å²) in [6.45, 7) is 4.21. The van der Waals surface area contributed by atoms with Gasteiger partial charge in [0.25, 0.3) is 5.91 Å². The van der Waals surface area contributed by atoms with Crippen LogP contribution in [0.4, 0.5) is 5.69 Å². The smallest absolute Gasteiger partial charge is 0.257 e. The van der Waals surface area contributed by atoms with Gasteiger partial charge in [-0.25, -0.2) is 0 Å². The van der Waals surface area contributed by atoms with Gasteiger partial charge >= 0.3 is 0 Å². The van der Waals surface area contributed by atoms with Gasteiger partial charge in [-0.2, -0.15) is 0 Å². The lowest BCUT2D eigenvalue weighted by Gasteiger charge is -2.15. The Labute approximate surface area is 153 Å². The number of methoxy groups -OCH3 is 1. The minimum atomic E-state index is -0.335. The molecule has 0 unspecified atom stereocenters. The van der Waals surface area contributed by atoms with Gasteiger partial charge in [-0.15, -0.1) is 0 Å². The zero-order chi connectivity index (χ0) is 18.4. The number of amides is 1. The SMILES string of the molecule is CC[C@H](C)c1ccc(O)c(NC(=S)NC(=O)c2ccc(OC)cc2)c1. The second kappa shape index (κ2) is 8.48. The van der Waals surface area contributed by atoms with E-state index in [9.17, 15) is 9.90 Å². The minimum Gasteiger partial charge on any atom is -0.506 e. The third kappa shape index (κ3) is 4.93. The van der Waals surface area contributed by atoms with E-state index in [4.69, 9.17) is 17.0 Å². The van der Waals surface area contributed by atoms with E-state index in [1.807, 2.05) is 12.1 Å². The number of nitrogens with one attached hydrogen (secondary N) is 2. The molecule has 0 spiro atoms. The number of phenols is 1. The Hall–Kier alpha value is -2.60. The predicted molar refractivity (Wildman–Crippen MR) is 103 cm³/mol. The zero-order valence-electron chi connectivity index (χ0n) is 14.5. The van der Waals surface area contributed by atoms with E-state index >= 15 is 0 Å². The molecule has 25 heavy (non-hydrogen) atoms. The molecular formula is C19H22N2O3S. The Bertz CT molecular complexity index is 760. The van der Waals surface area contributed by atoms with Crippen LogP contribution < -0.4 is 15.4 Å². The molecule has 6 heteroatoms. The van der Waals surface area contributed by atoms with E-state index in [2.05, 4.69) is 24.5 Å². The largest absolute Gasteiger partial charge is 0.506 e. The average molecular weight is 358 g/mol. The summed E-state index contributed by atoms with van der Waals surface area (Å²) in [4.78, 5) is 12.2. The molecular weight excluding hydrogens is 336 g/mol. The van der Waals surface area contributed by atoms with Crippen LogP contribution in [0.15, 0.2) is 42.5 Å². The van der Waals surface area contributed by atoms with Crippen molar-refractivity contribution in [3.8, 4) is 11.5 Å². The molecule has 1 atom stereocenters. The van der Waals surface area contributed by atoms with Crippen molar-refractivity contribution < 1.29 is 14.6 Å². The number of rotatable bonds is 5. The molecule has 0 saturated carbocycles. The summed E-state index contributed by atoms with van der Waals surface area (Å²) in [5.41, 5.74) is 2.02. The van der Waals surface area contributed by atoms with Crippen LogP contribution in [0.5, 0.6) is 11.5 Å². The van der Waals surface area contributed by atoms with Gasteiger partial charge < -0.3 is 15.2 Å². The van der Waals surface area contributed by atoms with Gasteiger partial charge in [0.05, 0.1) is 12.8 Å². The number of carbonyl (C=O) groups is 1. The number of ether oxygens (including phenoxy) is 1. The highest BCUT2D eigenvalue weighted by Gasteiger charge is 2.11. The average Bonchev–Trinajstić information content (AvgIpc) is 2.62. The molecule has 0 aliphatic heterocycles. The maximum Gasteiger partial charge on any atom is 0.257 e. The van der Waals surface area contributed by atoms with Gasteiger partial charge in [0, 0.05) is 5.56 Å². The topological polar surface area (TPSA) is 70.6 Å². The second-order valence-corrected chi connectivity index (χ2v) is 6.13. The van der Waals surface area contributed by atoms with Gasteiger partial charge in [0.15, 0.2) is 5.11 Å². The highest BCUT2D eigenvalue weighted by molar-refractivity contribution is 7.80. The number of aromatic hydroxyl groups is 1. The van der Waals surface area contributed by atoms with E-state index in [0.29, 0.717) is 22.9 Å². The monoisotopic (exact) mass is 358 g/mol. The molecule has 2 rings (SSSR count). The number of carbonyl (C=O) groups excluding carboxylic acids is 1. The molecule has 0 fully saturated rings. The number of anilines is 1. The van der Waals surface area contributed by atoms with Crippen molar-refractivity contribution in [3.05, 3.63) is 53.6 Å². The number of thiocarbonyl (C=S) groups is 1. The summed E-state index contributed by atoms with van der Waals surface area (Å²) in [5.74, 6) is 0.776. The molecule has 0 saturated heterocycles. The Kier molecular flexibility index (Phi) is 6.36. The Morgan fingerprint density at radius 3 is 2.52 bits per heavy atom. The van der Waals surface area contributed by atoms with Crippen molar-refractivity contribution in [2.45, 2.75) is 26.2 Å². The van der Waals surface area contributed by atoms with Crippen LogP contribution in [0.25, 0.3) is 0 Å². The van der Waals surface area contributed by atoms with Crippen LogP contribution in [0.3, 0.4) is 0 Å². The highest BCUT2D eigenvalue weighted by atomic mass is 32.1. The first-order valence-electron chi connectivity index (χ1n) is 8.04. The summed E-state index contributed by atoms with van der Waals surface area (Å²) in [7, 11) is 1.56. The lowest BCUT2D eigenvalue weighted by Crippen LogP contribution is -2.34. The molecule has 0 bridgehead atoms. The molecule has 5 nitrogen and oxygen atoms in total. The molecule has 2 aromatic carbocycles. The summed E-state index contributed by atoms with van der Waals surface area (Å²) >= 11 is 5.18. The third-order valence-corrected chi connectivity index (χ3v) is 4.23. The maximum absolute atomic E-state index is 12.2. The molecule has 1 amide bonds. The fraction of sp³-hybridized carbons (Fsp3) is 0.263. The number of phenolic OH excluding ortho intramolecular Hbond substituents is 1. The Morgan fingerprint density at radius 1 is 1.24 bits per heavy atom. The number of hydrogen-bond donors (Lipinski definition) is 3. The summed E-state index contributed by atoms with van der Waals surface area (Å²) < 4.78 is 5.06. The lowest BCUT2D eigenvalue weighted by atomic mass is 9.98. The number of hydrogen-bond acceptors (Lipinski definition) is 4. The molecule has 0 aliphatic rings. The van der Waals surface area contributed by atoms with Gasteiger partial charge in [-0.3, -0.25) is 10.1 Å². The van der Waals surface area contributed by atoms with Gasteiger partial charge in [0.2, 0.25) is 0 Å². The molecule has 0 aromatic heterocycles. The number of benzene rings is 2. The highest BCUT2D eigenvalue weighted by Crippen LogP contribution is 2.29. The van der Waals surface area contributed by atoms with Crippen LogP contribution in [0.1, 0.15) is 42.1 Å². The Balaban J connectivity index is 2.05. The molecule has 0 heterocycles. The van der Waals surface area contributed by atoms with E-state index in [1.165, 1.54) is 0 Å². The summed E-state index contributed by atoms with van der Waals surface area (Å²) in [5, 5.41) is 15.6. The van der Waals surface area contributed by atoms with Gasteiger partial charge in [-0.1, -0.05) is 19.9 Å². The minimum absolute atomic E-state index is 0.0769.